The average molecular weight is 523 g/mol. The zero-order valence-electron chi connectivity index (χ0n) is 20.8. The van der Waals surface area contributed by atoms with Gasteiger partial charge in [-0.25, -0.2) is 8.99 Å². The first kappa shape index (κ1) is 25.3. The second-order valence-corrected chi connectivity index (χ2v) is 11.3. The maximum Gasteiger partial charge on any atom is 0.322 e. The lowest BCUT2D eigenvalue weighted by Crippen LogP contribution is -2.58. The highest BCUT2D eigenvalue weighted by Crippen LogP contribution is 2.53. The molecule has 0 unspecified atom stereocenters. The lowest BCUT2D eigenvalue weighted by Gasteiger charge is -2.44. The number of fused-ring (bicyclic) bond motifs is 1. The van der Waals surface area contributed by atoms with E-state index in [1.807, 2.05) is 54.6 Å². The molecular formula is C25H30N8O3S. The summed E-state index contributed by atoms with van der Waals surface area (Å²) in [6.45, 7) is 5.74. The Kier molecular flexibility index (Phi) is 7.22. The molecule has 0 radical (unpaired) electrons. The molecule has 2 aliphatic heterocycles. The number of rotatable bonds is 10. The first-order chi connectivity index (χ1) is 17.8. The van der Waals surface area contributed by atoms with Crippen LogP contribution in [0.2, 0.25) is 0 Å². The maximum atomic E-state index is 12.7. The fraction of sp³-hybridized carbons (Fsp3) is 0.440. The molecule has 5 heterocycles. The molecule has 2 saturated heterocycles. The van der Waals surface area contributed by atoms with Crippen molar-refractivity contribution in [3.05, 3.63) is 72.1 Å². The van der Waals surface area contributed by atoms with Gasteiger partial charge in [0.25, 0.3) is 0 Å². The maximum absolute atomic E-state index is 12.7. The van der Waals surface area contributed by atoms with Crippen molar-refractivity contribution in [1.82, 2.24) is 39.5 Å². The zero-order valence-corrected chi connectivity index (χ0v) is 21.6. The minimum Gasteiger partial charge on any atom is -0.480 e. The molecule has 5 rings (SSSR count). The Labute approximate surface area is 219 Å². The summed E-state index contributed by atoms with van der Waals surface area (Å²) in [5.74, 6) is -0.996. The largest absolute Gasteiger partial charge is 0.480 e. The highest BCUT2D eigenvalue weighted by Gasteiger charge is 2.59. The minimum atomic E-state index is -0.819. The molecule has 37 heavy (non-hydrogen) atoms. The molecule has 0 spiro atoms. The van der Waals surface area contributed by atoms with Gasteiger partial charge in [0.1, 0.15) is 18.0 Å². The number of hydrogen-bond donors (Lipinski definition) is 2. The number of carboxylic acid groups (broad SMARTS) is 1. The molecule has 1 amide bonds. The summed E-state index contributed by atoms with van der Waals surface area (Å²) in [7, 11) is 0. The van der Waals surface area contributed by atoms with Gasteiger partial charge in [-0.05, 0) is 36.1 Å². The van der Waals surface area contributed by atoms with Crippen LogP contribution in [0.1, 0.15) is 37.4 Å². The van der Waals surface area contributed by atoms with E-state index >= 15 is 0 Å². The Hall–Kier alpha value is -3.35. The molecule has 194 valence electrons. The number of nitrogens with zero attached hydrogens (tertiary/aromatic N) is 7. The Morgan fingerprint density at radius 1 is 1.08 bits per heavy atom. The topological polar surface area (TPSA) is 129 Å². The predicted molar refractivity (Wildman–Crippen MR) is 136 cm³/mol. The number of hydrogen-bond acceptors (Lipinski definition) is 9. The summed E-state index contributed by atoms with van der Waals surface area (Å²) in [5.41, 5.74) is 2.28. The van der Waals surface area contributed by atoms with Crippen LogP contribution in [0.3, 0.4) is 0 Å². The Bertz CT molecular complexity index is 1200. The molecule has 2 fully saturated rings. The SMILES string of the molecule is CC1(C)C[C@H]2[C@H](NC(=O)Cn3cc(CN(Cc4ccccn4)Cc4ccccn4)nn3)SN2[C@@H]1C(=O)O. The van der Waals surface area contributed by atoms with Gasteiger partial charge in [0.2, 0.25) is 5.91 Å². The summed E-state index contributed by atoms with van der Waals surface area (Å²) >= 11 is 1.39. The smallest absolute Gasteiger partial charge is 0.322 e. The van der Waals surface area contributed by atoms with Gasteiger partial charge in [0, 0.05) is 32.0 Å². The number of amides is 1. The molecule has 0 aliphatic carbocycles. The molecular weight excluding hydrogens is 492 g/mol. The van der Waals surface area contributed by atoms with Crippen LogP contribution >= 0.6 is 11.9 Å². The lowest BCUT2D eigenvalue weighted by atomic mass is 9.84. The van der Waals surface area contributed by atoms with E-state index in [1.165, 1.54) is 16.6 Å². The van der Waals surface area contributed by atoms with E-state index in [0.29, 0.717) is 19.6 Å². The molecule has 0 saturated carbocycles. The van der Waals surface area contributed by atoms with Crippen LogP contribution in [-0.2, 0) is 35.8 Å². The van der Waals surface area contributed by atoms with Crippen molar-refractivity contribution in [1.29, 1.82) is 0 Å². The van der Waals surface area contributed by atoms with Crippen molar-refractivity contribution in [2.75, 3.05) is 0 Å². The van der Waals surface area contributed by atoms with Gasteiger partial charge in [-0.1, -0.05) is 43.1 Å². The molecule has 2 N–H and O–H groups in total. The molecule has 3 aromatic rings. The predicted octanol–water partition coefficient (Wildman–Crippen LogP) is 1.93. The quantitative estimate of drug-likeness (QED) is 0.381. The zero-order chi connectivity index (χ0) is 26.0. The molecule has 3 atom stereocenters. The number of aliphatic carboxylic acids is 1. The van der Waals surface area contributed by atoms with Gasteiger partial charge in [-0.3, -0.25) is 24.5 Å². The molecule has 0 bridgehead atoms. The molecule has 3 aromatic heterocycles. The van der Waals surface area contributed by atoms with Gasteiger partial charge in [-0.2, -0.15) is 0 Å². The number of carboxylic acids is 1. The third-order valence-electron chi connectivity index (χ3n) is 6.68. The fourth-order valence-electron chi connectivity index (χ4n) is 5.04. The minimum absolute atomic E-state index is 0.0168. The molecule has 0 aromatic carbocycles. The van der Waals surface area contributed by atoms with E-state index in [1.54, 1.807) is 18.6 Å². The van der Waals surface area contributed by atoms with Crippen LogP contribution < -0.4 is 5.32 Å². The highest BCUT2D eigenvalue weighted by atomic mass is 32.2. The van der Waals surface area contributed by atoms with E-state index in [2.05, 4.69) is 30.5 Å². The van der Waals surface area contributed by atoms with E-state index in [0.717, 1.165) is 23.5 Å². The fourth-order valence-corrected chi connectivity index (χ4v) is 6.51. The third-order valence-corrected chi connectivity index (χ3v) is 8.06. The van der Waals surface area contributed by atoms with Crippen molar-refractivity contribution < 1.29 is 14.7 Å². The molecule has 12 heteroatoms. The van der Waals surface area contributed by atoms with Crippen LogP contribution in [0.15, 0.2) is 55.0 Å². The first-order valence-corrected chi connectivity index (χ1v) is 13.0. The lowest BCUT2D eigenvalue weighted by molar-refractivity contribution is -0.143. The summed E-state index contributed by atoms with van der Waals surface area (Å²) in [6, 6.07) is 11.1. The molecule has 2 aliphatic rings. The average Bonchev–Trinajstić information content (AvgIpc) is 3.37. The number of pyridine rings is 2. The van der Waals surface area contributed by atoms with Crippen molar-refractivity contribution in [3.63, 3.8) is 0 Å². The number of nitrogens with one attached hydrogen (secondary N) is 1. The second-order valence-electron chi connectivity index (χ2n) is 10.1. The standard InChI is InChI=1S/C25H30N8O3S/c1-25(2)11-20-23(37-33(20)22(25)24(35)36)28-21(34)16-32-15-19(29-30-32)14-31(12-17-7-3-5-9-26-17)13-18-8-4-6-10-27-18/h3-10,15,20,22-23H,11-14,16H2,1-2H3,(H,28,34)(H,35,36)/t20-,22+,23+/m0/s1. The van der Waals surface area contributed by atoms with Crippen LogP contribution in [0, 0.1) is 5.41 Å². The van der Waals surface area contributed by atoms with Gasteiger partial charge in [0.15, 0.2) is 0 Å². The van der Waals surface area contributed by atoms with Gasteiger partial charge < -0.3 is 10.4 Å². The van der Waals surface area contributed by atoms with Crippen LogP contribution in [-0.4, -0.2) is 68.6 Å². The van der Waals surface area contributed by atoms with Gasteiger partial charge in [0.05, 0.1) is 29.3 Å². The first-order valence-electron chi connectivity index (χ1n) is 12.2. The van der Waals surface area contributed by atoms with E-state index in [-0.39, 0.29) is 29.3 Å². The van der Waals surface area contributed by atoms with Crippen molar-refractivity contribution >= 4 is 23.8 Å². The summed E-state index contributed by atoms with van der Waals surface area (Å²) < 4.78 is 3.43. The van der Waals surface area contributed by atoms with E-state index < -0.39 is 12.0 Å². The van der Waals surface area contributed by atoms with E-state index in [4.69, 9.17) is 0 Å². The summed E-state index contributed by atoms with van der Waals surface area (Å²) in [4.78, 5) is 35.5. The second kappa shape index (κ2) is 10.6. The summed E-state index contributed by atoms with van der Waals surface area (Å²) in [6.07, 6.45) is 6.05. The number of aromatic nitrogens is 5. The molecule has 11 nitrogen and oxygen atoms in total. The number of carbonyl (C=O) groups excluding carboxylic acids is 1. The van der Waals surface area contributed by atoms with E-state index in [9.17, 15) is 14.7 Å². The monoisotopic (exact) mass is 522 g/mol. The highest BCUT2D eigenvalue weighted by molar-refractivity contribution is 7.99. The van der Waals surface area contributed by atoms with Crippen LogP contribution in [0.25, 0.3) is 0 Å². The van der Waals surface area contributed by atoms with Crippen LogP contribution in [0.5, 0.6) is 0 Å². The Balaban J connectivity index is 1.18. The number of carbonyl (C=O) groups is 2. The van der Waals surface area contributed by atoms with Crippen LogP contribution in [0.4, 0.5) is 0 Å². The normalized spacial score (nSPS) is 22.4. The van der Waals surface area contributed by atoms with Gasteiger partial charge >= 0.3 is 5.97 Å². The van der Waals surface area contributed by atoms with Crippen molar-refractivity contribution in [3.8, 4) is 0 Å². The van der Waals surface area contributed by atoms with Gasteiger partial charge in [-0.15, -0.1) is 5.10 Å². The Morgan fingerprint density at radius 2 is 1.73 bits per heavy atom. The summed E-state index contributed by atoms with van der Waals surface area (Å²) in [5, 5.41) is 20.9. The third kappa shape index (κ3) is 5.81. The Morgan fingerprint density at radius 3 is 2.32 bits per heavy atom. The van der Waals surface area contributed by atoms with Crippen molar-refractivity contribution in [2.45, 2.75) is 63.9 Å². The van der Waals surface area contributed by atoms with Crippen molar-refractivity contribution in [2.24, 2.45) is 5.41 Å².